The largest absolute Gasteiger partial charge is 0.450 e. The van der Waals surface area contributed by atoms with Gasteiger partial charge in [-0.25, -0.2) is 9.18 Å². The van der Waals surface area contributed by atoms with Gasteiger partial charge in [-0.05, 0) is 31.9 Å². The number of likely N-dealkylation sites (tertiary alicyclic amines) is 1. The predicted octanol–water partition coefficient (Wildman–Crippen LogP) is 1.97. The molecule has 0 unspecified atom stereocenters. The molecule has 0 aromatic heterocycles. The van der Waals surface area contributed by atoms with Crippen molar-refractivity contribution in [3.05, 3.63) is 30.1 Å². The van der Waals surface area contributed by atoms with Crippen LogP contribution in [0.4, 0.5) is 14.9 Å². The van der Waals surface area contributed by atoms with Crippen LogP contribution >= 0.6 is 0 Å². The molecule has 0 atom stereocenters. The highest BCUT2D eigenvalue weighted by molar-refractivity contribution is 5.92. The number of nitrogens with one attached hydrogen (secondary N) is 2. The molecule has 2 rings (SSSR count). The van der Waals surface area contributed by atoms with Crippen molar-refractivity contribution in [3.8, 4) is 0 Å². The summed E-state index contributed by atoms with van der Waals surface area (Å²) >= 11 is 0. The van der Waals surface area contributed by atoms with Crippen molar-refractivity contribution in [1.29, 1.82) is 0 Å². The zero-order valence-corrected chi connectivity index (χ0v) is 13.2. The second-order valence-corrected chi connectivity index (χ2v) is 5.37. The second kappa shape index (κ2) is 8.47. The summed E-state index contributed by atoms with van der Waals surface area (Å²) in [6, 6.07) is 6.21. The molecule has 7 heteroatoms. The first kappa shape index (κ1) is 17.2. The fourth-order valence-electron chi connectivity index (χ4n) is 2.47. The van der Waals surface area contributed by atoms with Crippen molar-refractivity contribution in [3.63, 3.8) is 0 Å². The van der Waals surface area contributed by atoms with Gasteiger partial charge in [0.1, 0.15) is 5.82 Å². The van der Waals surface area contributed by atoms with Crippen LogP contribution in [0.15, 0.2) is 24.3 Å². The zero-order valence-electron chi connectivity index (χ0n) is 13.2. The molecule has 1 saturated heterocycles. The van der Waals surface area contributed by atoms with Gasteiger partial charge in [-0.1, -0.05) is 12.1 Å². The standard InChI is InChI=1S/C16H22FN3O3/c1-2-23-16(22)20-9-7-12(8-10-20)18-11-15(21)19-14-6-4-3-5-13(14)17/h3-6,12,18H,2,7-11H2,1H3,(H,19,21). The first-order valence-corrected chi connectivity index (χ1v) is 7.79. The molecule has 1 heterocycles. The van der Waals surface area contributed by atoms with Gasteiger partial charge in [0.2, 0.25) is 5.91 Å². The maximum absolute atomic E-state index is 13.4. The van der Waals surface area contributed by atoms with E-state index in [1.165, 1.54) is 12.1 Å². The molecule has 1 aliphatic rings. The van der Waals surface area contributed by atoms with Crippen LogP contribution in [0.3, 0.4) is 0 Å². The quantitative estimate of drug-likeness (QED) is 0.869. The van der Waals surface area contributed by atoms with Crippen molar-refractivity contribution in [2.45, 2.75) is 25.8 Å². The van der Waals surface area contributed by atoms with Crippen LogP contribution in [0, 0.1) is 5.82 Å². The number of carbonyl (C=O) groups is 2. The molecule has 1 aliphatic heterocycles. The van der Waals surface area contributed by atoms with Gasteiger partial charge in [0.25, 0.3) is 0 Å². The van der Waals surface area contributed by atoms with Crippen LogP contribution in [-0.2, 0) is 9.53 Å². The molecule has 6 nitrogen and oxygen atoms in total. The Kier molecular flexibility index (Phi) is 6.34. The number of hydrogen-bond donors (Lipinski definition) is 2. The summed E-state index contributed by atoms with van der Waals surface area (Å²) in [6.07, 6.45) is 1.22. The van der Waals surface area contributed by atoms with Crippen molar-refractivity contribution < 1.29 is 18.7 Å². The van der Waals surface area contributed by atoms with E-state index in [4.69, 9.17) is 4.74 Å². The van der Waals surface area contributed by atoms with E-state index < -0.39 is 5.82 Å². The van der Waals surface area contributed by atoms with Crippen LogP contribution in [0.25, 0.3) is 0 Å². The lowest BCUT2D eigenvalue weighted by Gasteiger charge is -2.31. The first-order chi connectivity index (χ1) is 11.1. The molecule has 0 aliphatic carbocycles. The number of amides is 2. The summed E-state index contributed by atoms with van der Waals surface area (Å²) in [5.41, 5.74) is 0.177. The summed E-state index contributed by atoms with van der Waals surface area (Å²) in [6.45, 7) is 3.46. The number of ether oxygens (including phenoxy) is 1. The van der Waals surface area contributed by atoms with Crippen LogP contribution in [0.1, 0.15) is 19.8 Å². The highest BCUT2D eigenvalue weighted by atomic mass is 19.1. The van der Waals surface area contributed by atoms with E-state index >= 15 is 0 Å². The Balaban J connectivity index is 1.70. The molecule has 2 N–H and O–H groups in total. The SMILES string of the molecule is CCOC(=O)N1CCC(NCC(=O)Nc2ccccc2F)CC1. The van der Waals surface area contributed by atoms with Gasteiger partial charge in [-0.15, -0.1) is 0 Å². The van der Waals surface area contributed by atoms with E-state index in [0.29, 0.717) is 19.7 Å². The zero-order chi connectivity index (χ0) is 16.7. The van der Waals surface area contributed by atoms with Gasteiger partial charge >= 0.3 is 6.09 Å². The lowest BCUT2D eigenvalue weighted by atomic mass is 10.1. The molecule has 1 aromatic carbocycles. The van der Waals surface area contributed by atoms with E-state index in [2.05, 4.69) is 10.6 Å². The Morgan fingerprint density at radius 1 is 1.30 bits per heavy atom. The highest BCUT2D eigenvalue weighted by Gasteiger charge is 2.23. The predicted molar refractivity (Wildman–Crippen MR) is 84.6 cm³/mol. The molecule has 0 radical (unpaired) electrons. The molecule has 1 fully saturated rings. The molecule has 126 valence electrons. The maximum atomic E-state index is 13.4. The van der Waals surface area contributed by atoms with Gasteiger partial charge < -0.3 is 20.3 Å². The molecular weight excluding hydrogens is 301 g/mol. The van der Waals surface area contributed by atoms with Crippen LogP contribution < -0.4 is 10.6 Å². The third-order valence-corrected chi connectivity index (χ3v) is 3.72. The minimum absolute atomic E-state index is 0.110. The van der Waals surface area contributed by atoms with Gasteiger partial charge in [-0.3, -0.25) is 4.79 Å². The second-order valence-electron chi connectivity index (χ2n) is 5.37. The maximum Gasteiger partial charge on any atom is 0.409 e. The van der Waals surface area contributed by atoms with Crippen molar-refractivity contribution in [2.24, 2.45) is 0 Å². The van der Waals surface area contributed by atoms with Crippen molar-refractivity contribution >= 4 is 17.7 Å². The lowest BCUT2D eigenvalue weighted by molar-refractivity contribution is -0.115. The van der Waals surface area contributed by atoms with Crippen molar-refractivity contribution in [1.82, 2.24) is 10.2 Å². The third-order valence-electron chi connectivity index (χ3n) is 3.72. The fourth-order valence-corrected chi connectivity index (χ4v) is 2.47. The Morgan fingerprint density at radius 2 is 2.00 bits per heavy atom. The monoisotopic (exact) mass is 323 g/mol. The number of carbonyl (C=O) groups excluding carboxylic acids is 2. The molecular formula is C16H22FN3O3. The molecule has 1 aromatic rings. The number of rotatable bonds is 5. The highest BCUT2D eigenvalue weighted by Crippen LogP contribution is 2.13. The van der Waals surface area contributed by atoms with Gasteiger partial charge in [0, 0.05) is 19.1 Å². The van der Waals surface area contributed by atoms with Crippen molar-refractivity contribution in [2.75, 3.05) is 31.6 Å². The number of hydrogen-bond acceptors (Lipinski definition) is 4. The smallest absolute Gasteiger partial charge is 0.409 e. The first-order valence-electron chi connectivity index (χ1n) is 7.79. The number of benzene rings is 1. The minimum atomic E-state index is -0.455. The lowest BCUT2D eigenvalue weighted by Crippen LogP contribution is -2.46. The summed E-state index contributed by atoms with van der Waals surface area (Å²) < 4.78 is 18.4. The number of halogens is 1. The average molecular weight is 323 g/mol. The number of para-hydroxylation sites is 1. The van der Waals surface area contributed by atoms with E-state index in [0.717, 1.165) is 12.8 Å². The summed E-state index contributed by atoms with van der Waals surface area (Å²) in [5.74, 6) is -0.744. The summed E-state index contributed by atoms with van der Waals surface area (Å²) in [4.78, 5) is 25.1. The molecule has 23 heavy (non-hydrogen) atoms. The number of piperidine rings is 1. The van der Waals surface area contributed by atoms with Crippen LogP contribution in [0.2, 0.25) is 0 Å². The Hall–Kier alpha value is -2.15. The topological polar surface area (TPSA) is 70.7 Å². The summed E-state index contributed by atoms with van der Waals surface area (Å²) in [7, 11) is 0. The minimum Gasteiger partial charge on any atom is -0.450 e. The molecule has 0 saturated carbocycles. The van der Waals surface area contributed by atoms with Gasteiger partial charge in [0.05, 0.1) is 18.8 Å². The fraction of sp³-hybridized carbons (Fsp3) is 0.500. The Labute approximate surface area is 135 Å². The number of anilines is 1. The normalized spacial score (nSPS) is 15.3. The molecule has 2 amide bonds. The Bertz CT molecular complexity index is 545. The molecule has 0 spiro atoms. The summed E-state index contributed by atoms with van der Waals surface area (Å²) in [5, 5.41) is 5.67. The van der Waals surface area contributed by atoms with E-state index in [9.17, 15) is 14.0 Å². The van der Waals surface area contributed by atoms with E-state index in [1.807, 2.05) is 0 Å². The Morgan fingerprint density at radius 3 is 2.65 bits per heavy atom. The van der Waals surface area contributed by atoms with Crippen LogP contribution in [0.5, 0.6) is 0 Å². The van der Waals surface area contributed by atoms with Gasteiger partial charge in [0.15, 0.2) is 0 Å². The number of nitrogens with zero attached hydrogens (tertiary/aromatic N) is 1. The van der Waals surface area contributed by atoms with Gasteiger partial charge in [-0.2, -0.15) is 0 Å². The molecule has 0 bridgehead atoms. The van der Waals surface area contributed by atoms with Crippen LogP contribution in [-0.4, -0.2) is 49.2 Å². The van der Waals surface area contributed by atoms with E-state index in [1.54, 1.807) is 24.0 Å². The third kappa shape index (κ3) is 5.21. The average Bonchev–Trinajstić information content (AvgIpc) is 2.56. The van der Waals surface area contributed by atoms with E-state index in [-0.39, 0.29) is 30.3 Å².